The summed E-state index contributed by atoms with van der Waals surface area (Å²) in [7, 11) is 0. The molecule has 4 aromatic rings. The number of H-pyrrole nitrogens is 1. The molecule has 2 heterocycles. The standard InChI is InChI=1S/C29H31N3O2.C2H6/c1-18-8-10-21(11-9-18)22-15-25(24-12-13-32(27(24)16-22)23-6-4-5-7-23)28(33)30-17-26-19(2)14-20(3)31-29(26)34;1-2/h8-16,23H,4-7,17H2,1-3H3,(H,30,33)(H,31,34);1-2H3. The van der Waals surface area contributed by atoms with Gasteiger partial charge < -0.3 is 14.9 Å². The minimum absolute atomic E-state index is 0.149. The van der Waals surface area contributed by atoms with Crippen molar-refractivity contribution in [2.45, 2.75) is 72.9 Å². The third-order valence-electron chi connectivity index (χ3n) is 7.11. The second-order valence-corrected chi connectivity index (χ2v) is 9.61. The molecule has 0 radical (unpaired) electrons. The van der Waals surface area contributed by atoms with Crippen molar-refractivity contribution in [2.24, 2.45) is 0 Å². The van der Waals surface area contributed by atoms with Crippen LogP contribution in [0.3, 0.4) is 0 Å². The van der Waals surface area contributed by atoms with Crippen LogP contribution in [0, 0.1) is 20.8 Å². The van der Waals surface area contributed by atoms with Crippen molar-refractivity contribution in [1.82, 2.24) is 14.9 Å². The lowest BCUT2D eigenvalue weighted by Crippen LogP contribution is -2.28. The van der Waals surface area contributed by atoms with E-state index in [1.165, 1.54) is 31.2 Å². The molecular weight excluding hydrogens is 446 g/mol. The van der Waals surface area contributed by atoms with Crippen LogP contribution in [0.2, 0.25) is 0 Å². The Hall–Kier alpha value is -3.60. The number of fused-ring (bicyclic) bond motifs is 1. The molecule has 1 aliphatic carbocycles. The fourth-order valence-electron chi connectivity index (χ4n) is 5.23. The summed E-state index contributed by atoms with van der Waals surface area (Å²) < 4.78 is 2.35. The molecule has 1 saturated carbocycles. The molecule has 188 valence electrons. The molecular formula is C31H37N3O2. The first kappa shape index (κ1) is 25.5. The topological polar surface area (TPSA) is 66.9 Å². The first-order chi connectivity index (χ1) is 17.4. The first-order valence-electron chi connectivity index (χ1n) is 13.1. The lowest BCUT2D eigenvalue weighted by Gasteiger charge is -2.16. The average Bonchev–Trinajstić information content (AvgIpc) is 3.54. The average molecular weight is 484 g/mol. The van der Waals surface area contributed by atoms with Gasteiger partial charge >= 0.3 is 0 Å². The molecule has 2 aromatic carbocycles. The van der Waals surface area contributed by atoms with E-state index in [0.717, 1.165) is 33.3 Å². The summed E-state index contributed by atoms with van der Waals surface area (Å²) in [5.74, 6) is -0.164. The maximum atomic E-state index is 13.5. The molecule has 36 heavy (non-hydrogen) atoms. The fraction of sp³-hybridized carbons (Fsp3) is 0.355. The highest BCUT2D eigenvalue weighted by molar-refractivity contribution is 6.08. The van der Waals surface area contributed by atoms with Gasteiger partial charge in [-0.3, -0.25) is 9.59 Å². The molecule has 0 spiro atoms. The zero-order valence-electron chi connectivity index (χ0n) is 22.1. The van der Waals surface area contributed by atoms with Crippen LogP contribution in [-0.4, -0.2) is 15.5 Å². The normalized spacial score (nSPS) is 13.5. The summed E-state index contributed by atoms with van der Waals surface area (Å²) in [5, 5.41) is 3.96. The molecule has 0 bridgehead atoms. The Labute approximate surface area is 213 Å². The number of carbonyl (C=O) groups is 1. The number of hydrogen-bond donors (Lipinski definition) is 2. The van der Waals surface area contributed by atoms with Gasteiger partial charge in [-0.1, -0.05) is 56.5 Å². The van der Waals surface area contributed by atoms with Gasteiger partial charge in [0, 0.05) is 46.5 Å². The Morgan fingerprint density at radius 1 is 0.972 bits per heavy atom. The van der Waals surface area contributed by atoms with Crippen molar-refractivity contribution < 1.29 is 4.79 Å². The van der Waals surface area contributed by atoms with E-state index in [1.807, 2.05) is 39.8 Å². The second kappa shape index (κ2) is 11.0. The van der Waals surface area contributed by atoms with Crippen LogP contribution in [0.1, 0.15) is 78.3 Å². The lowest BCUT2D eigenvalue weighted by atomic mass is 9.98. The number of rotatable bonds is 5. The van der Waals surface area contributed by atoms with E-state index in [9.17, 15) is 9.59 Å². The number of hydrogen-bond acceptors (Lipinski definition) is 2. The highest BCUT2D eigenvalue weighted by Gasteiger charge is 2.21. The summed E-state index contributed by atoms with van der Waals surface area (Å²) >= 11 is 0. The SMILES string of the molecule is CC.Cc1ccc(-c2cc(C(=O)NCc3c(C)cc(C)[nH]c3=O)c3ccn(C4CCCC4)c3c2)cc1. The van der Waals surface area contributed by atoms with Gasteiger partial charge in [0.15, 0.2) is 0 Å². The minimum Gasteiger partial charge on any atom is -0.348 e. The Morgan fingerprint density at radius 3 is 2.33 bits per heavy atom. The van der Waals surface area contributed by atoms with Crippen molar-refractivity contribution in [3.8, 4) is 11.1 Å². The molecule has 1 amide bonds. The van der Waals surface area contributed by atoms with Crippen molar-refractivity contribution in [3.05, 3.63) is 93.0 Å². The number of nitrogens with one attached hydrogen (secondary N) is 2. The van der Waals surface area contributed by atoms with Gasteiger partial charge in [0.05, 0.1) is 0 Å². The smallest absolute Gasteiger partial charge is 0.253 e. The van der Waals surface area contributed by atoms with Crippen molar-refractivity contribution in [2.75, 3.05) is 0 Å². The number of benzene rings is 2. The van der Waals surface area contributed by atoms with Crippen LogP contribution in [0.5, 0.6) is 0 Å². The van der Waals surface area contributed by atoms with E-state index < -0.39 is 0 Å². The number of aromatic amines is 1. The minimum atomic E-state index is -0.164. The predicted octanol–water partition coefficient (Wildman–Crippen LogP) is 6.99. The van der Waals surface area contributed by atoms with E-state index in [0.29, 0.717) is 17.2 Å². The Bertz CT molecular complexity index is 1420. The highest BCUT2D eigenvalue weighted by Crippen LogP contribution is 2.36. The molecule has 0 saturated heterocycles. The summed E-state index contributed by atoms with van der Waals surface area (Å²) in [6, 6.07) is 17.1. The van der Waals surface area contributed by atoms with Crippen LogP contribution in [0.4, 0.5) is 0 Å². The van der Waals surface area contributed by atoms with Crippen LogP contribution in [-0.2, 0) is 6.54 Å². The Morgan fingerprint density at radius 2 is 1.67 bits per heavy atom. The summed E-state index contributed by atoms with van der Waals surface area (Å²) in [5.41, 5.74) is 7.20. The Balaban J connectivity index is 0.00000148. The van der Waals surface area contributed by atoms with E-state index >= 15 is 0 Å². The zero-order valence-corrected chi connectivity index (χ0v) is 22.1. The van der Waals surface area contributed by atoms with Crippen LogP contribution in [0.15, 0.2) is 59.5 Å². The van der Waals surface area contributed by atoms with Crippen LogP contribution in [0.25, 0.3) is 22.0 Å². The van der Waals surface area contributed by atoms with Gasteiger partial charge in [-0.05, 0) is 74.6 Å². The van der Waals surface area contributed by atoms with Crippen molar-refractivity contribution in [3.63, 3.8) is 0 Å². The maximum Gasteiger partial charge on any atom is 0.253 e. The van der Waals surface area contributed by atoms with Gasteiger partial charge in [0.1, 0.15) is 0 Å². The summed E-state index contributed by atoms with van der Waals surface area (Å²) in [4.78, 5) is 28.7. The number of amides is 1. The summed E-state index contributed by atoms with van der Waals surface area (Å²) in [6.07, 6.45) is 6.98. The second-order valence-electron chi connectivity index (χ2n) is 9.61. The molecule has 5 rings (SSSR count). The van der Waals surface area contributed by atoms with E-state index in [-0.39, 0.29) is 18.0 Å². The fourth-order valence-corrected chi connectivity index (χ4v) is 5.23. The van der Waals surface area contributed by atoms with Gasteiger partial charge in [-0.2, -0.15) is 0 Å². The summed E-state index contributed by atoms with van der Waals surface area (Å²) in [6.45, 7) is 10.0. The molecule has 1 aliphatic rings. The van der Waals surface area contributed by atoms with Crippen molar-refractivity contribution >= 4 is 16.8 Å². The number of pyridine rings is 1. The van der Waals surface area contributed by atoms with Crippen LogP contribution < -0.4 is 10.9 Å². The zero-order chi connectivity index (χ0) is 25.8. The van der Waals surface area contributed by atoms with Gasteiger partial charge in [0.25, 0.3) is 11.5 Å². The van der Waals surface area contributed by atoms with E-state index in [1.54, 1.807) is 0 Å². The van der Waals surface area contributed by atoms with Crippen LogP contribution >= 0.6 is 0 Å². The third-order valence-corrected chi connectivity index (χ3v) is 7.11. The molecule has 0 atom stereocenters. The molecule has 1 fully saturated rings. The van der Waals surface area contributed by atoms with Gasteiger partial charge in [-0.15, -0.1) is 0 Å². The molecule has 2 N–H and O–H groups in total. The molecule has 0 aliphatic heterocycles. The predicted molar refractivity (Wildman–Crippen MR) is 149 cm³/mol. The van der Waals surface area contributed by atoms with E-state index in [4.69, 9.17) is 0 Å². The monoisotopic (exact) mass is 483 g/mol. The van der Waals surface area contributed by atoms with Gasteiger partial charge in [0.2, 0.25) is 0 Å². The number of nitrogens with zero attached hydrogens (tertiary/aromatic N) is 1. The van der Waals surface area contributed by atoms with E-state index in [2.05, 4.69) is 64.4 Å². The largest absolute Gasteiger partial charge is 0.348 e. The third kappa shape index (κ3) is 5.15. The molecule has 5 nitrogen and oxygen atoms in total. The number of aromatic nitrogens is 2. The Kier molecular flexibility index (Phi) is 7.78. The highest BCUT2D eigenvalue weighted by atomic mass is 16.1. The quantitative estimate of drug-likeness (QED) is 0.321. The molecule has 2 aromatic heterocycles. The molecule has 5 heteroatoms. The van der Waals surface area contributed by atoms with Crippen molar-refractivity contribution in [1.29, 1.82) is 0 Å². The maximum absolute atomic E-state index is 13.5. The first-order valence-corrected chi connectivity index (χ1v) is 13.1. The number of aryl methyl sites for hydroxylation is 3. The lowest BCUT2D eigenvalue weighted by molar-refractivity contribution is 0.0952. The van der Waals surface area contributed by atoms with Gasteiger partial charge in [-0.25, -0.2) is 0 Å². The molecule has 0 unspecified atom stereocenters. The number of carbonyl (C=O) groups excluding carboxylic acids is 1.